The number of ether oxygens (including phenoxy) is 3. The number of amides is 1. The lowest BCUT2D eigenvalue weighted by Gasteiger charge is -2.14. The molecule has 1 amide bonds. The molecule has 0 saturated heterocycles. The van der Waals surface area contributed by atoms with E-state index in [4.69, 9.17) is 14.2 Å². The summed E-state index contributed by atoms with van der Waals surface area (Å²) >= 11 is 0. The van der Waals surface area contributed by atoms with E-state index >= 15 is 0 Å². The van der Waals surface area contributed by atoms with E-state index in [1.807, 2.05) is 6.92 Å². The second-order valence-electron chi connectivity index (χ2n) is 5.54. The monoisotopic (exact) mass is 359 g/mol. The molecule has 2 aromatic rings. The molecule has 0 aliphatic carbocycles. The van der Waals surface area contributed by atoms with Crippen molar-refractivity contribution >= 4 is 12.0 Å². The summed E-state index contributed by atoms with van der Waals surface area (Å²) in [5.41, 5.74) is 1.49. The van der Waals surface area contributed by atoms with Crippen LogP contribution < -0.4 is 19.5 Å². The third kappa shape index (κ3) is 4.53. The average molecular weight is 359 g/mol. The molecule has 0 aromatic heterocycles. The molecule has 1 N–H and O–H groups in total. The van der Waals surface area contributed by atoms with E-state index in [-0.39, 0.29) is 17.8 Å². The van der Waals surface area contributed by atoms with E-state index < -0.39 is 0 Å². The summed E-state index contributed by atoms with van der Waals surface area (Å²) in [7, 11) is 4.58. The van der Waals surface area contributed by atoms with Crippen molar-refractivity contribution in [2.24, 2.45) is 0 Å². The van der Waals surface area contributed by atoms with E-state index in [0.29, 0.717) is 22.8 Å². The fraction of sp³-hybridized carbons (Fsp3) is 0.250. The maximum Gasteiger partial charge on any atom is 0.244 e. The van der Waals surface area contributed by atoms with Gasteiger partial charge in [-0.1, -0.05) is 12.1 Å². The van der Waals surface area contributed by atoms with Gasteiger partial charge < -0.3 is 19.5 Å². The lowest BCUT2D eigenvalue weighted by molar-refractivity contribution is -0.117. The van der Waals surface area contributed by atoms with Gasteiger partial charge in [0.2, 0.25) is 11.7 Å². The van der Waals surface area contributed by atoms with Crippen molar-refractivity contribution in [3.05, 3.63) is 59.4 Å². The number of halogens is 1. The van der Waals surface area contributed by atoms with Gasteiger partial charge >= 0.3 is 0 Å². The Morgan fingerprint density at radius 3 is 2.23 bits per heavy atom. The summed E-state index contributed by atoms with van der Waals surface area (Å²) in [5, 5.41) is 2.83. The Kier molecular flexibility index (Phi) is 6.60. The Bertz CT molecular complexity index is 787. The van der Waals surface area contributed by atoms with Gasteiger partial charge in [-0.2, -0.15) is 0 Å². The van der Waals surface area contributed by atoms with Crippen molar-refractivity contribution in [2.75, 3.05) is 21.3 Å². The minimum atomic E-state index is -0.312. The van der Waals surface area contributed by atoms with Crippen LogP contribution in [0.25, 0.3) is 6.08 Å². The standard InChI is InChI=1S/C20H22FNO4/c1-13(14-5-9-16(21)10-6-14)22-18(23)12-8-15-7-11-17(24-2)20(26-4)19(15)25-3/h5-13H,1-4H3,(H,22,23)/b12-8+/t13-/m1/s1. The zero-order valence-electron chi connectivity index (χ0n) is 15.2. The minimum absolute atomic E-state index is 0.250. The van der Waals surface area contributed by atoms with Crippen molar-refractivity contribution < 1.29 is 23.4 Å². The second-order valence-corrected chi connectivity index (χ2v) is 5.54. The molecular formula is C20H22FNO4. The Labute approximate surface area is 152 Å². The molecule has 6 heteroatoms. The maximum atomic E-state index is 13.0. The number of nitrogens with one attached hydrogen (secondary N) is 1. The number of hydrogen-bond acceptors (Lipinski definition) is 4. The van der Waals surface area contributed by atoms with Crippen molar-refractivity contribution in [1.82, 2.24) is 5.32 Å². The third-order valence-electron chi connectivity index (χ3n) is 3.88. The predicted molar refractivity (Wildman–Crippen MR) is 98.1 cm³/mol. The van der Waals surface area contributed by atoms with Gasteiger partial charge in [0.05, 0.1) is 27.4 Å². The molecule has 2 aromatic carbocycles. The molecule has 0 fully saturated rings. The molecule has 5 nitrogen and oxygen atoms in total. The summed E-state index contributed by atoms with van der Waals surface area (Å²) in [6, 6.07) is 9.26. The van der Waals surface area contributed by atoms with Crippen LogP contribution in [-0.2, 0) is 4.79 Å². The van der Waals surface area contributed by atoms with Crippen molar-refractivity contribution in [2.45, 2.75) is 13.0 Å². The van der Waals surface area contributed by atoms with Crippen molar-refractivity contribution in [1.29, 1.82) is 0 Å². The molecule has 0 heterocycles. The van der Waals surface area contributed by atoms with Gasteiger partial charge in [-0.3, -0.25) is 4.79 Å². The van der Waals surface area contributed by atoms with Crippen LogP contribution >= 0.6 is 0 Å². The van der Waals surface area contributed by atoms with Gasteiger partial charge in [-0.15, -0.1) is 0 Å². The molecular weight excluding hydrogens is 337 g/mol. The van der Waals surface area contributed by atoms with E-state index in [1.54, 1.807) is 30.3 Å². The Morgan fingerprint density at radius 2 is 1.65 bits per heavy atom. The maximum absolute atomic E-state index is 13.0. The number of hydrogen-bond donors (Lipinski definition) is 1. The molecule has 0 saturated carbocycles. The average Bonchev–Trinajstić information content (AvgIpc) is 2.65. The molecule has 0 spiro atoms. The molecule has 0 aliphatic rings. The quantitative estimate of drug-likeness (QED) is 0.765. The Hall–Kier alpha value is -3.02. The van der Waals surface area contributed by atoms with Crippen LogP contribution in [0.4, 0.5) is 4.39 Å². The normalized spacial score (nSPS) is 11.9. The van der Waals surface area contributed by atoms with Crippen LogP contribution in [-0.4, -0.2) is 27.2 Å². The molecule has 0 aliphatic heterocycles. The highest BCUT2D eigenvalue weighted by Crippen LogP contribution is 2.40. The van der Waals surface area contributed by atoms with Crippen LogP contribution in [0.3, 0.4) is 0 Å². The van der Waals surface area contributed by atoms with Gasteiger partial charge in [0.15, 0.2) is 11.5 Å². The molecule has 2 rings (SSSR count). The van der Waals surface area contributed by atoms with E-state index in [2.05, 4.69) is 5.32 Å². The third-order valence-corrected chi connectivity index (χ3v) is 3.88. The number of carbonyl (C=O) groups excluding carboxylic acids is 1. The van der Waals surface area contributed by atoms with Gasteiger partial charge in [-0.25, -0.2) is 4.39 Å². The van der Waals surface area contributed by atoms with E-state index in [1.165, 1.54) is 39.5 Å². The van der Waals surface area contributed by atoms with E-state index in [9.17, 15) is 9.18 Å². The predicted octanol–water partition coefficient (Wildman–Crippen LogP) is 3.74. The van der Waals surface area contributed by atoms with Crippen LogP contribution in [0.15, 0.2) is 42.5 Å². The minimum Gasteiger partial charge on any atom is -0.493 e. The van der Waals surface area contributed by atoms with Gasteiger partial charge in [-0.05, 0) is 42.8 Å². The molecule has 26 heavy (non-hydrogen) atoms. The topological polar surface area (TPSA) is 56.8 Å². The van der Waals surface area contributed by atoms with E-state index in [0.717, 1.165) is 5.56 Å². The number of rotatable bonds is 7. The zero-order chi connectivity index (χ0) is 19.1. The van der Waals surface area contributed by atoms with Crippen LogP contribution in [0, 0.1) is 5.82 Å². The Balaban J connectivity index is 2.13. The molecule has 0 bridgehead atoms. The lowest BCUT2D eigenvalue weighted by atomic mass is 10.1. The zero-order valence-corrected chi connectivity index (χ0v) is 15.2. The van der Waals surface area contributed by atoms with Crippen molar-refractivity contribution in [3.8, 4) is 17.2 Å². The largest absolute Gasteiger partial charge is 0.493 e. The SMILES string of the molecule is COc1ccc(/C=C/C(=O)N[C@H](C)c2ccc(F)cc2)c(OC)c1OC. The van der Waals surface area contributed by atoms with Gasteiger partial charge in [0.25, 0.3) is 0 Å². The smallest absolute Gasteiger partial charge is 0.244 e. The first-order valence-corrected chi connectivity index (χ1v) is 8.03. The van der Waals surface area contributed by atoms with Crippen LogP contribution in [0.1, 0.15) is 24.1 Å². The number of carbonyl (C=O) groups is 1. The molecule has 0 unspecified atom stereocenters. The lowest BCUT2D eigenvalue weighted by Crippen LogP contribution is -2.24. The molecule has 138 valence electrons. The summed E-state index contributed by atoms with van der Waals surface area (Å²) < 4.78 is 28.9. The number of methoxy groups -OCH3 is 3. The first-order chi connectivity index (χ1) is 12.5. The Morgan fingerprint density at radius 1 is 1.00 bits per heavy atom. The molecule has 0 radical (unpaired) electrons. The summed E-state index contributed by atoms with van der Waals surface area (Å²) in [6.07, 6.45) is 3.04. The van der Waals surface area contributed by atoms with Crippen molar-refractivity contribution in [3.63, 3.8) is 0 Å². The fourth-order valence-corrected chi connectivity index (χ4v) is 2.52. The number of benzene rings is 2. The highest BCUT2D eigenvalue weighted by Gasteiger charge is 2.14. The first kappa shape index (κ1) is 19.3. The van der Waals surface area contributed by atoms with Crippen LogP contribution in [0.2, 0.25) is 0 Å². The summed E-state index contributed by atoms with van der Waals surface area (Å²) in [4.78, 5) is 12.2. The summed E-state index contributed by atoms with van der Waals surface area (Å²) in [6.45, 7) is 1.83. The first-order valence-electron chi connectivity index (χ1n) is 8.03. The highest BCUT2D eigenvalue weighted by atomic mass is 19.1. The second kappa shape index (κ2) is 8.89. The summed E-state index contributed by atoms with van der Waals surface area (Å²) in [5.74, 6) is 0.877. The van der Waals surface area contributed by atoms with Gasteiger partial charge in [0, 0.05) is 11.6 Å². The van der Waals surface area contributed by atoms with Gasteiger partial charge in [0.1, 0.15) is 5.82 Å². The fourth-order valence-electron chi connectivity index (χ4n) is 2.52. The highest BCUT2D eigenvalue weighted by molar-refractivity contribution is 5.92. The van der Waals surface area contributed by atoms with Crippen LogP contribution in [0.5, 0.6) is 17.2 Å². The molecule has 1 atom stereocenters.